The third kappa shape index (κ3) is 5.11. The molecule has 0 saturated carbocycles. The number of hydrogen-bond acceptors (Lipinski definition) is 3. The van der Waals surface area contributed by atoms with Crippen LogP contribution in [0, 0.1) is 5.92 Å². The zero-order chi connectivity index (χ0) is 14.4. The lowest BCUT2D eigenvalue weighted by Crippen LogP contribution is -2.42. The van der Waals surface area contributed by atoms with Gasteiger partial charge in [0.2, 0.25) is 5.91 Å². The maximum Gasteiger partial charge on any atom is 0.224 e. The molecule has 0 bridgehead atoms. The molecular weight excluding hydrogens is 336 g/mol. The minimum absolute atomic E-state index is 0.147. The molecule has 2 rings (SSSR count). The summed E-state index contributed by atoms with van der Waals surface area (Å²) in [5, 5.41) is 6.72. The first kappa shape index (κ1) is 15.9. The predicted octanol–water partition coefficient (Wildman–Crippen LogP) is 3.05. The smallest absolute Gasteiger partial charge is 0.224 e. The fourth-order valence-corrected chi connectivity index (χ4v) is 3.44. The fraction of sp³-hybridized carbons (Fsp3) is 0.533. The van der Waals surface area contributed by atoms with Crippen molar-refractivity contribution < 1.29 is 4.79 Å². The van der Waals surface area contributed by atoms with Gasteiger partial charge in [0.15, 0.2) is 0 Å². The molecule has 1 amide bonds. The van der Waals surface area contributed by atoms with Crippen molar-refractivity contribution in [3.05, 3.63) is 28.7 Å². The average molecular weight is 357 g/mol. The zero-order valence-corrected chi connectivity index (χ0v) is 14.1. The van der Waals surface area contributed by atoms with E-state index in [4.69, 9.17) is 0 Å². The van der Waals surface area contributed by atoms with E-state index in [9.17, 15) is 4.79 Å². The van der Waals surface area contributed by atoms with Crippen molar-refractivity contribution in [2.45, 2.75) is 29.9 Å². The molecule has 1 saturated heterocycles. The Morgan fingerprint density at radius 3 is 2.90 bits per heavy atom. The number of thioether (sulfide) groups is 1. The van der Waals surface area contributed by atoms with Gasteiger partial charge in [-0.15, -0.1) is 11.8 Å². The third-order valence-corrected chi connectivity index (χ3v) is 5.02. The normalized spacial score (nSPS) is 20.4. The van der Waals surface area contributed by atoms with Gasteiger partial charge in [-0.05, 0) is 43.7 Å². The maximum atomic E-state index is 12.0. The number of carbonyl (C=O) groups excluding carboxylic acids is 1. The molecule has 0 spiro atoms. The Morgan fingerprint density at radius 2 is 2.25 bits per heavy atom. The summed E-state index contributed by atoms with van der Waals surface area (Å²) in [4.78, 5) is 13.3. The van der Waals surface area contributed by atoms with Crippen LogP contribution in [0.2, 0.25) is 0 Å². The van der Waals surface area contributed by atoms with Crippen molar-refractivity contribution in [1.29, 1.82) is 0 Å². The minimum Gasteiger partial charge on any atom is -0.355 e. The Morgan fingerprint density at radius 1 is 1.50 bits per heavy atom. The molecule has 20 heavy (non-hydrogen) atoms. The Hall–Kier alpha value is -0.520. The number of halogens is 1. The van der Waals surface area contributed by atoms with Crippen molar-refractivity contribution >= 4 is 33.6 Å². The topological polar surface area (TPSA) is 41.1 Å². The van der Waals surface area contributed by atoms with Crippen molar-refractivity contribution in [1.82, 2.24) is 10.6 Å². The summed E-state index contributed by atoms with van der Waals surface area (Å²) in [7, 11) is 0. The second-order valence-electron chi connectivity index (χ2n) is 5.17. The van der Waals surface area contributed by atoms with E-state index in [0.29, 0.717) is 5.25 Å². The van der Waals surface area contributed by atoms with Crippen LogP contribution in [0.1, 0.15) is 19.8 Å². The van der Waals surface area contributed by atoms with Gasteiger partial charge >= 0.3 is 0 Å². The number of carbonyl (C=O) groups is 1. The summed E-state index contributed by atoms with van der Waals surface area (Å²) in [5.74, 6) is 0.342. The van der Waals surface area contributed by atoms with Crippen LogP contribution in [0.4, 0.5) is 0 Å². The quantitative estimate of drug-likeness (QED) is 0.796. The van der Waals surface area contributed by atoms with Gasteiger partial charge in [0.25, 0.3) is 0 Å². The Labute approximate surface area is 133 Å². The van der Waals surface area contributed by atoms with Crippen molar-refractivity contribution in [2.75, 3.05) is 19.6 Å². The number of benzene rings is 1. The molecular formula is C15H21BrN2OS. The highest BCUT2D eigenvalue weighted by Gasteiger charge is 2.20. The lowest BCUT2D eigenvalue weighted by Gasteiger charge is -2.22. The highest BCUT2D eigenvalue weighted by molar-refractivity contribution is 9.10. The largest absolute Gasteiger partial charge is 0.355 e. The van der Waals surface area contributed by atoms with E-state index in [2.05, 4.69) is 45.6 Å². The summed E-state index contributed by atoms with van der Waals surface area (Å²) >= 11 is 5.22. The maximum absolute atomic E-state index is 12.0. The van der Waals surface area contributed by atoms with Crippen molar-refractivity contribution in [3.63, 3.8) is 0 Å². The van der Waals surface area contributed by atoms with E-state index in [0.717, 1.165) is 36.9 Å². The fourth-order valence-electron chi connectivity index (χ4n) is 2.25. The summed E-state index contributed by atoms with van der Waals surface area (Å²) < 4.78 is 1.09. The molecule has 1 aromatic carbocycles. The number of hydrogen-bond donors (Lipinski definition) is 2. The Balaban J connectivity index is 1.72. The second kappa shape index (κ2) is 8.05. The monoisotopic (exact) mass is 356 g/mol. The molecule has 1 aliphatic heterocycles. The van der Waals surface area contributed by atoms with Gasteiger partial charge in [0.05, 0.1) is 5.92 Å². The first-order valence-electron chi connectivity index (χ1n) is 7.06. The van der Waals surface area contributed by atoms with Gasteiger partial charge < -0.3 is 10.6 Å². The van der Waals surface area contributed by atoms with E-state index < -0.39 is 0 Å². The summed E-state index contributed by atoms with van der Waals surface area (Å²) in [5.41, 5.74) is 0. The minimum atomic E-state index is 0.147. The summed E-state index contributed by atoms with van der Waals surface area (Å²) in [6.45, 7) is 4.72. The molecule has 2 N–H and O–H groups in total. The highest BCUT2D eigenvalue weighted by Crippen LogP contribution is 2.24. The molecule has 1 fully saturated rings. The van der Waals surface area contributed by atoms with Gasteiger partial charge in [-0.3, -0.25) is 4.79 Å². The van der Waals surface area contributed by atoms with Gasteiger partial charge in [-0.2, -0.15) is 0 Å². The van der Waals surface area contributed by atoms with E-state index in [1.54, 1.807) is 11.8 Å². The van der Waals surface area contributed by atoms with Crippen LogP contribution < -0.4 is 10.6 Å². The van der Waals surface area contributed by atoms with E-state index in [1.807, 2.05) is 12.1 Å². The molecule has 2 unspecified atom stereocenters. The molecule has 5 heteroatoms. The third-order valence-electron chi connectivity index (χ3n) is 3.38. The lowest BCUT2D eigenvalue weighted by molar-refractivity contribution is -0.125. The first-order valence-corrected chi connectivity index (χ1v) is 8.73. The van der Waals surface area contributed by atoms with Crippen LogP contribution in [-0.2, 0) is 4.79 Å². The van der Waals surface area contributed by atoms with Gasteiger partial charge in [-0.1, -0.05) is 22.9 Å². The summed E-state index contributed by atoms with van der Waals surface area (Å²) in [6, 6.07) is 8.28. The van der Waals surface area contributed by atoms with E-state index in [-0.39, 0.29) is 11.8 Å². The SMILES string of the molecule is CC(CNC(=O)C1CCCNC1)Sc1ccc(Br)cc1. The number of rotatable bonds is 5. The molecule has 0 aliphatic carbocycles. The van der Waals surface area contributed by atoms with Crippen LogP contribution >= 0.6 is 27.7 Å². The van der Waals surface area contributed by atoms with Gasteiger partial charge in [-0.25, -0.2) is 0 Å². The van der Waals surface area contributed by atoms with Gasteiger partial charge in [0, 0.05) is 27.7 Å². The molecule has 1 aliphatic rings. The van der Waals surface area contributed by atoms with Crippen LogP contribution in [0.15, 0.2) is 33.6 Å². The van der Waals surface area contributed by atoms with E-state index in [1.165, 1.54) is 4.90 Å². The van der Waals surface area contributed by atoms with Crippen molar-refractivity contribution in [2.24, 2.45) is 5.92 Å². The van der Waals surface area contributed by atoms with Crippen molar-refractivity contribution in [3.8, 4) is 0 Å². The molecule has 2 atom stereocenters. The van der Waals surface area contributed by atoms with Gasteiger partial charge in [0.1, 0.15) is 0 Å². The molecule has 3 nitrogen and oxygen atoms in total. The van der Waals surface area contributed by atoms with E-state index >= 15 is 0 Å². The Bertz CT molecular complexity index is 432. The zero-order valence-electron chi connectivity index (χ0n) is 11.7. The second-order valence-corrected chi connectivity index (χ2v) is 7.60. The standard InChI is InChI=1S/C15H21BrN2OS/c1-11(20-14-6-4-13(16)5-7-14)9-18-15(19)12-3-2-8-17-10-12/h4-7,11-12,17H,2-3,8-10H2,1H3,(H,18,19). The first-order chi connectivity index (χ1) is 9.65. The van der Waals surface area contributed by atoms with Crippen LogP contribution in [0.3, 0.4) is 0 Å². The molecule has 1 heterocycles. The lowest BCUT2D eigenvalue weighted by atomic mass is 9.99. The average Bonchev–Trinajstić information content (AvgIpc) is 2.48. The van der Waals surface area contributed by atoms with Crippen LogP contribution in [0.25, 0.3) is 0 Å². The number of piperidine rings is 1. The highest BCUT2D eigenvalue weighted by atomic mass is 79.9. The molecule has 0 radical (unpaired) electrons. The predicted molar refractivity (Wildman–Crippen MR) is 88.1 cm³/mol. The number of nitrogens with one attached hydrogen (secondary N) is 2. The van der Waals surface area contributed by atoms with Crippen LogP contribution in [-0.4, -0.2) is 30.8 Å². The molecule has 110 valence electrons. The number of amides is 1. The van der Waals surface area contributed by atoms with Crippen LogP contribution in [0.5, 0.6) is 0 Å². The molecule has 1 aromatic rings. The Kier molecular flexibility index (Phi) is 6.39. The molecule has 0 aromatic heterocycles. The summed E-state index contributed by atoms with van der Waals surface area (Å²) in [6.07, 6.45) is 2.11.